The minimum Gasteiger partial charge on any atom is -0.493 e. The van der Waals surface area contributed by atoms with Gasteiger partial charge in [-0.05, 0) is 55.2 Å². The number of anilines is 1. The number of carbonyl (C=O) groups is 1. The first-order valence-electron chi connectivity index (χ1n) is 9.40. The van der Waals surface area contributed by atoms with Gasteiger partial charge >= 0.3 is 0 Å². The highest BCUT2D eigenvalue weighted by molar-refractivity contribution is 7.89. The number of amides is 1. The molecule has 6 nitrogen and oxygen atoms in total. The minimum absolute atomic E-state index is 0.143. The van der Waals surface area contributed by atoms with Gasteiger partial charge in [0, 0.05) is 12.1 Å². The smallest absolute Gasteiger partial charge is 0.242 e. The third kappa shape index (κ3) is 4.91. The van der Waals surface area contributed by atoms with Crippen molar-refractivity contribution in [2.24, 2.45) is 5.92 Å². The van der Waals surface area contributed by atoms with Gasteiger partial charge in [0.1, 0.15) is 11.8 Å². The summed E-state index contributed by atoms with van der Waals surface area (Å²) in [5.41, 5.74) is 2.65. The Balaban J connectivity index is 1.77. The van der Waals surface area contributed by atoms with Crippen LogP contribution in [0.3, 0.4) is 0 Å². The van der Waals surface area contributed by atoms with Crippen molar-refractivity contribution in [3.05, 3.63) is 53.6 Å². The Morgan fingerprint density at radius 3 is 2.54 bits per heavy atom. The van der Waals surface area contributed by atoms with E-state index in [1.165, 1.54) is 0 Å². The maximum absolute atomic E-state index is 12.8. The van der Waals surface area contributed by atoms with E-state index in [-0.39, 0.29) is 16.7 Å². The van der Waals surface area contributed by atoms with Crippen molar-refractivity contribution in [1.82, 2.24) is 4.72 Å². The number of nitrogens with one attached hydrogen (secondary N) is 2. The van der Waals surface area contributed by atoms with E-state index in [9.17, 15) is 13.2 Å². The van der Waals surface area contributed by atoms with E-state index in [0.29, 0.717) is 18.7 Å². The van der Waals surface area contributed by atoms with Crippen LogP contribution in [0.15, 0.2) is 47.4 Å². The highest BCUT2D eigenvalue weighted by atomic mass is 32.2. The molecule has 2 aromatic carbocycles. The summed E-state index contributed by atoms with van der Waals surface area (Å²) in [5.74, 6) is 0.602. The molecule has 0 radical (unpaired) electrons. The highest BCUT2D eigenvalue weighted by Gasteiger charge is 2.27. The number of ether oxygens (including phenoxy) is 1. The fourth-order valence-corrected chi connectivity index (χ4v) is 4.35. The Kier molecular flexibility index (Phi) is 6.05. The molecule has 150 valence electrons. The lowest BCUT2D eigenvalue weighted by molar-refractivity contribution is -0.118. The summed E-state index contributed by atoms with van der Waals surface area (Å²) >= 11 is 0. The van der Waals surface area contributed by atoms with Gasteiger partial charge in [-0.3, -0.25) is 4.79 Å². The van der Waals surface area contributed by atoms with E-state index < -0.39 is 16.1 Å². The molecule has 2 aromatic rings. The fourth-order valence-electron chi connectivity index (χ4n) is 3.15. The number of carbonyl (C=O) groups excluding carboxylic acids is 1. The van der Waals surface area contributed by atoms with Gasteiger partial charge in [-0.25, -0.2) is 8.42 Å². The zero-order chi connectivity index (χ0) is 20.3. The summed E-state index contributed by atoms with van der Waals surface area (Å²) in [7, 11) is -3.80. The second-order valence-electron chi connectivity index (χ2n) is 7.53. The van der Waals surface area contributed by atoms with Crippen molar-refractivity contribution in [3.63, 3.8) is 0 Å². The summed E-state index contributed by atoms with van der Waals surface area (Å²) in [5, 5.41) is 2.84. The molecule has 7 heteroatoms. The van der Waals surface area contributed by atoms with Gasteiger partial charge in [0.2, 0.25) is 15.9 Å². The number of rotatable bonds is 7. The molecule has 0 aromatic heterocycles. The molecule has 0 aliphatic carbocycles. The molecule has 0 saturated heterocycles. The second-order valence-corrected chi connectivity index (χ2v) is 9.24. The van der Waals surface area contributed by atoms with Gasteiger partial charge in [0.15, 0.2) is 0 Å². The molecule has 1 aliphatic heterocycles. The zero-order valence-corrected chi connectivity index (χ0v) is 17.2. The molecular weight excluding hydrogens is 376 g/mol. The molecule has 0 fully saturated rings. The van der Waals surface area contributed by atoms with Crippen LogP contribution in [0, 0.1) is 12.8 Å². The molecule has 2 N–H and O–H groups in total. The highest BCUT2D eigenvalue weighted by Crippen LogP contribution is 2.28. The number of fused-ring (bicyclic) bond motifs is 1. The van der Waals surface area contributed by atoms with E-state index in [0.717, 1.165) is 23.3 Å². The molecule has 3 rings (SSSR count). The summed E-state index contributed by atoms with van der Waals surface area (Å²) in [6.07, 6.45) is 1.19. The lowest BCUT2D eigenvalue weighted by Crippen LogP contribution is -2.44. The Bertz CT molecular complexity index is 953. The SMILES string of the molecule is Cc1ccc(S(=O)(=O)NC(CC(C)C)C(=O)Nc2ccc3c(c2)CCO3)cc1. The third-order valence-corrected chi connectivity index (χ3v) is 6.10. The molecule has 0 spiro atoms. The lowest BCUT2D eigenvalue weighted by Gasteiger charge is -2.20. The van der Waals surface area contributed by atoms with Crippen molar-refractivity contribution < 1.29 is 17.9 Å². The Labute approximate surface area is 166 Å². The fraction of sp³-hybridized carbons (Fsp3) is 0.381. The first-order chi connectivity index (χ1) is 13.2. The van der Waals surface area contributed by atoms with Crippen LogP contribution in [0.1, 0.15) is 31.4 Å². The molecular formula is C21H26N2O4S. The summed E-state index contributed by atoms with van der Waals surface area (Å²) < 4.78 is 33.5. The van der Waals surface area contributed by atoms with E-state index in [2.05, 4.69) is 10.0 Å². The predicted molar refractivity (Wildman–Crippen MR) is 109 cm³/mol. The maximum atomic E-state index is 12.8. The van der Waals surface area contributed by atoms with Crippen LogP contribution in [0.5, 0.6) is 5.75 Å². The Hall–Kier alpha value is -2.38. The molecule has 28 heavy (non-hydrogen) atoms. The van der Waals surface area contributed by atoms with Crippen LogP contribution in [0.2, 0.25) is 0 Å². The lowest BCUT2D eigenvalue weighted by atomic mass is 10.0. The van der Waals surface area contributed by atoms with Crippen molar-refractivity contribution >= 4 is 21.6 Å². The number of hydrogen-bond acceptors (Lipinski definition) is 4. The van der Waals surface area contributed by atoms with Gasteiger partial charge < -0.3 is 10.1 Å². The van der Waals surface area contributed by atoms with E-state index in [1.54, 1.807) is 30.3 Å². The average Bonchev–Trinajstić information content (AvgIpc) is 3.08. The van der Waals surface area contributed by atoms with Crippen LogP contribution in [0.4, 0.5) is 5.69 Å². The summed E-state index contributed by atoms with van der Waals surface area (Å²) in [6.45, 7) is 6.43. The molecule has 1 heterocycles. The van der Waals surface area contributed by atoms with Crippen LogP contribution in [0.25, 0.3) is 0 Å². The van der Waals surface area contributed by atoms with Gasteiger partial charge in [-0.1, -0.05) is 31.5 Å². The van der Waals surface area contributed by atoms with Crippen LogP contribution in [-0.4, -0.2) is 27.0 Å². The van der Waals surface area contributed by atoms with Crippen molar-refractivity contribution in [2.45, 2.75) is 44.6 Å². The van der Waals surface area contributed by atoms with Crippen LogP contribution < -0.4 is 14.8 Å². The topological polar surface area (TPSA) is 84.5 Å². The second kappa shape index (κ2) is 8.32. The first-order valence-corrected chi connectivity index (χ1v) is 10.9. The summed E-state index contributed by atoms with van der Waals surface area (Å²) in [4.78, 5) is 13.0. The van der Waals surface area contributed by atoms with Crippen molar-refractivity contribution in [1.29, 1.82) is 0 Å². The number of benzene rings is 2. The van der Waals surface area contributed by atoms with Gasteiger partial charge in [-0.2, -0.15) is 4.72 Å². The van der Waals surface area contributed by atoms with Gasteiger partial charge in [-0.15, -0.1) is 0 Å². The van der Waals surface area contributed by atoms with Crippen LogP contribution in [-0.2, 0) is 21.2 Å². The maximum Gasteiger partial charge on any atom is 0.242 e. The van der Waals surface area contributed by atoms with E-state index in [4.69, 9.17) is 4.74 Å². The normalized spacial score (nSPS) is 14.4. The molecule has 1 aliphatic rings. The van der Waals surface area contributed by atoms with Crippen molar-refractivity contribution in [2.75, 3.05) is 11.9 Å². The third-order valence-electron chi connectivity index (χ3n) is 4.61. The number of aryl methyl sites for hydroxylation is 1. The molecule has 1 atom stereocenters. The molecule has 1 unspecified atom stereocenters. The van der Waals surface area contributed by atoms with Crippen molar-refractivity contribution in [3.8, 4) is 5.75 Å². The first kappa shape index (κ1) is 20.4. The molecule has 1 amide bonds. The van der Waals surface area contributed by atoms with Gasteiger partial charge in [0.25, 0.3) is 0 Å². The minimum atomic E-state index is -3.80. The predicted octanol–water partition coefficient (Wildman–Crippen LogP) is 3.26. The molecule has 0 saturated carbocycles. The zero-order valence-electron chi connectivity index (χ0n) is 16.4. The Morgan fingerprint density at radius 2 is 1.86 bits per heavy atom. The quantitative estimate of drug-likeness (QED) is 0.744. The summed E-state index contributed by atoms with van der Waals surface area (Å²) in [6, 6.07) is 11.2. The monoisotopic (exact) mass is 402 g/mol. The number of sulfonamides is 1. The van der Waals surface area contributed by atoms with E-state index in [1.807, 2.05) is 32.9 Å². The number of hydrogen-bond donors (Lipinski definition) is 2. The van der Waals surface area contributed by atoms with Gasteiger partial charge in [0.05, 0.1) is 11.5 Å². The Morgan fingerprint density at radius 1 is 1.14 bits per heavy atom. The largest absolute Gasteiger partial charge is 0.493 e. The van der Waals surface area contributed by atoms with Crippen LogP contribution >= 0.6 is 0 Å². The molecule has 0 bridgehead atoms. The average molecular weight is 403 g/mol. The standard InChI is InChI=1S/C21H26N2O4S/c1-14(2)12-19(23-28(25,26)18-7-4-15(3)5-8-18)21(24)22-17-6-9-20-16(13-17)10-11-27-20/h4-9,13-14,19,23H,10-12H2,1-3H3,(H,22,24). The van der Waals surface area contributed by atoms with E-state index >= 15 is 0 Å².